The third-order valence-corrected chi connectivity index (χ3v) is 24.8. The minimum absolute atomic E-state index is 0. The molecule has 9 rings (SSSR count). The van der Waals surface area contributed by atoms with Gasteiger partial charge in [-0.1, -0.05) is 46.5 Å². The van der Waals surface area contributed by atoms with Crippen LogP contribution < -0.4 is 268 Å². The van der Waals surface area contributed by atoms with Gasteiger partial charge in [0.1, 0.15) is 103 Å². The van der Waals surface area contributed by atoms with Gasteiger partial charge in [0.25, 0.3) is 0 Å². The van der Waals surface area contributed by atoms with Gasteiger partial charge in [0.15, 0.2) is 49.3 Å². The second-order valence-corrected chi connectivity index (χ2v) is 35.9. The molecule has 9 heterocycles. The third kappa shape index (κ3) is 38.4. The summed E-state index contributed by atoms with van der Waals surface area (Å²) in [6, 6.07) is -1.84. The van der Waals surface area contributed by atoms with Gasteiger partial charge < -0.3 is 149 Å². The number of thioether (sulfide) groups is 1. The number of fused-ring (bicyclic) bond motifs is 4. The average molecular weight is 2070 g/mol. The third-order valence-electron chi connectivity index (χ3n) is 20.6. The summed E-state index contributed by atoms with van der Waals surface area (Å²) in [6.45, 7) is -1.11. The Morgan fingerprint density at radius 1 is 0.465 bits per heavy atom. The molecule has 0 radical (unpaired) electrons. The summed E-state index contributed by atoms with van der Waals surface area (Å²) < 4.78 is 352. The number of methoxy groups -OCH3 is 5. The Morgan fingerprint density at radius 3 is 1.43 bits per heavy atom. The fraction of sp³-hybridized carbons (Fsp3) is 0.919. The molecule has 0 saturated carbocycles. The number of ether oxygens (including phenoxy) is 17. The summed E-state index contributed by atoms with van der Waals surface area (Å²) >= 11 is 1.75. The van der Waals surface area contributed by atoms with E-state index in [2.05, 4.69) is 33.8 Å². The number of amides is 4. The summed E-state index contributed by atoms with van der Waals surface area (Å²) in [6.07, 6.45) is -47.9. The van der Waals surface area contributed by atoms with Gasteiger partial charge >= 0.3 is 242 Å². The molecule has 0 aromatic carbocycles. The van der Waals surface area contributed by atoms with Crippen LogP contribution in [0.25, 0.3) is 0 Å². The van der Waals surface area contributed by atoms with Crippen molar-refractivity contribution < 1.29 is 454 Å². The van der Waals surface area contributed by atoms with E-state index >= 15 is 0 Å². The van der Waals surface area contributed by atoms with Crippen LogP contribution in [0, 0.1) is 0 Å². The maximum Gasteiger partial charge on any atom is 1.00 e. The van der Waals surface area contributed by atoms with Crippen molar-refractivity contribution in [2.45, 2.75) is 274 Å². The van der Waals surface area contributed by atoms with Crippen molar-refractivity contribution in [1.29, 1.82) is 0 Å². The molecule has 4 N–H and O–H groups in total. The Morgan fingerprint density at radius 2 is 0.938 bits per heavy atom. The van der Waals surface area contributed by atoms with Gasteiger partial charge in [-0.15, -0.1) is 0 Å². The molecule has 9 aliphatic rings. The minimum Gasteiger partial charge on any atom is -0.726 e. The molecule has 9 aliphatic heterocycles. The van der Waals surface area contributed by atoms with Crippen LogP contribution in [-0.2, 0) is 187 Å². The molecule has 0 aromatic rings. The molecule has 9 saturated heterocycles. The van der Waals surface area contributed by atoms with Gasteiger partial charge in [-0.05, 0) is 44.9 Å². The molecule has 67 heteroatoms. The van der Waals surface area contributed by atoms with Crippen LogP contribution in [0.3, 0.4) is 0 Å². The van der Waals surface area contributed by atoms with Crippen LogP contribution in [0.15, 0.2) is 0 Å². The number of hydrogen-bond donors (Lipinski definition) is 4. The van der Waals surface area contributed by atoms with Crippen LogP contribution in [0.2, 0.25) is 0 Å². The fourth-order valence-corrected chi connectivity index (χ4v) is 19.0. The number of hydrogen-bond acceptors (Lipinski definition) is 49. The molecule has 0 aromatic heterocycles. The molecular weight excluding hydrogens is 1980 g/mol. The number of carboxylic acids is 2. The van der Waals surface area contributed by atoms with Crippen molar-refractivity contribution in [1.82, 2.24) is 21.3 Å². The number of unbranched alkanes of at least 4 members (excludes halogenated alkanes) is 5. The Balaban J connectivity index is 0.0000205. The van der Waals surface area contributed by atoms with E-state index in [1.807, 2.05) is 0 Å². The number of urea groups is 1. The normalized spacial score (nSPS) is 33.8. The first kappa shape index (κ1) is 133. The largest absolute Gasteiger partial charge is 1.00 e. The Bertz CT molecular complexity index is 4190. The molecule has 52 nitrogen and oxygen atoms in total. The van der Waals surface area contributed by atoms with Gasteiger partial charge in [-0.25, -0.2) is 55.3 Å². The summed E-state index contributed by atoms with van der Waals surface area (Å²) in [4.78, 5) is 67.1. The maximum absolute atomic E-state index is 14.4. The number of carbonyl (C=O) groups excluding carboxylic acids is 5. The van der Waals surface area contributed by atoms with Crippen molar-refractivity contribution in [3.05, 3.63) is 0 Å². The first-order valence-corrected chi connectivity index (χ1v) is 46.6. The SMILES string of the molecule is CCCCO[C@@H]1[C@@H](NC(=O)CCCCCNC(=O)CCCCC2SCC3NC(=O)NC32)[C@H](O[C@H]2[C@H](OC)[C@@H](OC)[C@H](O[C@H]3[C@H](OS(=O)(=O)[O-])[C@@H](OS(=O)(=O)[O-])[C@@H](O[C@H]4[C@H](OC)[C@H]5OC[C@]4(C(=O)[O-])OC5O[C@H]4[C@H](OC)[C@@H](OS(=O)(=O)[O-])[C@@H](OC)O[C@@H]4COS(=O)(=O)[O-])O[C@@H]3COS(=O)(=O)[O-])O[C@]2(CC)C(=O)[O-])O[C@H](COS(=O)(=O)[O-])[C@H]1OCCCC.[Na+].[Na+].[Na+].[Na+].[Na+].[Na+].[Na+].[Na+]. The first-order chi connectivity index (χ1) is 56.7. The van der Waals surface area contributed by atoms with Crippen LogP contribution in [-0.4, -0.2) is 365 Å². The van der Waals surface area contributed by atoms with Crippen LogP contribution in [0.4, 0.5) is 4.79 Å². The number of carboxylic acid groups (broad SMARTS) is 2. The molecule has 129 heavy (non-hydrogen) atoms. The van der Waals surface area contributed by atoms with Crippen molar-refractivity contribution in [2.75, 3.05) is 87.5 Å². The summed E-state index contributed by atoms with van der Waals surface area (Å²) in [5.41, 5.74) is -6.59. The quantitative estimate of drug-likeness (QED) is 0.0144. The Hall–Kier alpha value is 4.04. The van der Waals surface area contributed by atoms with Crippen molar-refractivity contribution >= 4 is 104 Å². The molecule has 0 aliphatic carbocycles. The van der Waals surface area contributed by atoms with Crippen molar-refractivity contribution in [3.8, 4) is 0 Å². The fourth-order valence-electron chi connectivity index (χ4n) is 15.1. The van der Waals surface area contributed by atoms with Crippen LogP contribution >= 0.6 is 11.8 Å². The Labute approximate surface area is 928 Å². The zero-order chi connectivity index (χ0) is 89.5. The van der Waals surface area contributed by atoms with Gasteiger partial charge in [0.2, 0.25) is 74.2 Å². The van der Waals surface area contributed by atoms with Gasteiger partial charge in [0, 0.05) is 79.2 Å². The molecule has 4 unspecified atom stereocenters. The van der Waals surface area contributed by atoms with Crippen molar-refractivity contribution in [3.63, 3.8) is 0 Å². The van der Waals surface area contributed by atoms with E-state index in [0.29, 0.717) is 44.9 Å². The maximum atomic E-state index is 14.4. The predicted octanol–water partition coefficient (Wildman–Crippen LogP) is -31.8. The van der Waals surface area contributed by atoms with Crippen LogP contribution in [0.1, 0.15) is 104 Å². The van der Waals surface area contributed by atoms with E-state index < -0.39 is 266 Å². The van der Waals surface area contributed by atoms with E-state index in [1.54, 1.807) is 25.6 Å². The second-order valence-electron chi connectivity index (χ2n) is 28.4. The number of carbonyl (C=O) groups is 5. The molecular formula is C62H96N4Na8O48S7. The minimum atomic E-state index is -6.54. The van der Waals surface area contributed by atoms with E-state index in [4.69, 9.17) is 93.1 Å². The van der Waals surface area contributed by atoms with E-state index in [-0.39, 0.29) is 305 Å². The van der Waals surface area contributed by atoms with Gasteiger partial charge in [-0.3, -0.25) is 34.7 Å². The molecule has 28 atom stereocenters. The zero-order valence-electron chi connectivity index (χ0n) is 73.8. The van der Waals surface area contributed by atoms with Crippen LogP contribution in [0.5, 0.6) is 0 Å². The standard InChI is InChI=1S/C62H104N4O48S7.8Na/c1-9-12-23-97-39-31(25-100-116(74,75)76)103-53(38(42(39)98-24-13-10-2)65-36(68)21-15-14-18-22-63-35(67)20-17-16-19-34-37-30(28-115-34)64-60(73)66-37)108-51-45(93-5)47(95-7)56(110-61(51,11-3)58(69)70)107-41-33(27-102-118(80,81)82)105-55(50(114-121(89,90)91)44(41)112-119(83,84)85)109-52-46(94-6)48-57(111-62(52,29-99-48)59(71)72)106-40-32(26-101-117(77,78)79)104-54(96-8)49(43(40)92-4)113-120(86,87)88;;;;;;;;/h30-34,37-57H,9-29H2,1-8H3,(H,63,67)(H,65,68)(H,69,70)(H,71,72)(H2,64,66,73)(H,74,75,76)(H,77,78,79)(H,80,81,82)(H,83,84,85)(H,86,87,88)(H,89,90,91);;;;;;;;/q;8*+1/p-8/t30?,31-,32-,33-,34?,37?,38-,39-,40-,41-,42-,43+,44+,45-,46-,47-,48-,49-,50-,51+,52+,53+,54+,55-,56-,57?,61+,62+;;;;;;;;/m1......../s1. The molecule has 2 bridgehead atoms. The van der Waals surface area contributed by atoms with Gasteiger partial charge in [-0.2, -0.15) is 11.8 Å². The molecule has 0 spiro atoms. The topological polar surface area (TPSA) is 735 Å². The number of rotatable bonds is 51. The molecule has 9 fully saturated rings. The predicted molar refractivity (Wildman–Crippen MR) is 378 cm³/mol. The van der Waals surface area contributed by atoms with E-state index in [0.717, 1.165) is 61.1 Å². The summed E-state index contributed by atoms with van der Waals surface area (Å²) in [7, 11) is -32.0. The summed E-state index contributed by atoms with van der Waals surface area (Å²) in [5.74, 6) is -4.96. The van der Waals surface area contributed by atoms with E-state index in [1.165, 1.54) is 0 Å². The number of aliphatic carboxylic acids is 2. The average Bonchev–Trinajstić information content (AvgIpc) is 0.992. The smallest absolute Gasteiger partial charge is 0.726 e. The zero-order valence-corrected chi connectivity index (χ0v) is 95.5. The van der Waals surface area contributed by atoms with Gasteiger partial charge in [0.05, 0.1) is 50.4 Å². The van der Waals surface area contributed by atoms with E-state index in [9.17, 15) is 112 Å². The molecule has 4 amide bonds. The molecule has 702 valence electrons. The first-order valence-electron chi connectivity index (χ1n) is 37.5. The van der Waals surface area contributed by atoms with Crippen molar-refractivity contribution in [2.24, 2.45) is 0 Å². The Kier molecular flexibility index (Phi) is 62.1. The summed E-state index contributed by atoms with van der Waals surface area (Å²) in [5, 5.41) is 39.7. The second kappa shape index (κ2) is 60.2. The monoisotopic (exact) mass is 2070 g/mol. The number of nitrogens with one attached hydrogen (secondary N) is 4.